The van der Waals surface area contributed by atoms with Gasteiger partial charge in [-0.1, -0.05) is 18.2 Å². The van der Waals surface area contributed by atoms with Crippen molar-refractivity contribution in [2.75, 3.05) is 0 Å². The Morgan fingerprint density at radius 2 is 1.94 bits per heavy atom. The molecule has 0 saturated carbocycles. The molecule has 3 N–H and O–H groups in total. The van der Waals surface area contributed by atoms with E-state index >= 15 is 0 Å². The molecule has 1 aromatic rings. The first-order valence-corrected chi connectivity index (χ1v) is 4.66. The van der Waals surface area contributed by atoms with E-state index in [2.05, 4.69) is 5.32 Å². The number of halogens is 1. The van der Waals surface area contributed by atoms with Crippen LogP contribution in [0.5, 0.6) is 0 Å². The highest BCUT2D eigenvalue weighted by atomic mass is 19.1. The number of aliphatic carboxylic acids is 1. The van der Waals surface area contributed by atoms with Crippen LogP contribution in [0.15, 0.2) is 36.1 Å². The zero-order valence-corrected chi connectivity index (χ0v) is 8.68. The Hall–Kier alpha value is -2.37. The summed E-state index contributed by atoms with van der Waals surface area (Å²) in [6.45, 7) is -0.0884. The van der Waals surface area contributed by atoms with Crippen molar-refractivity contribution < 1.29 is 24.2 Å². The molecule has 90 valence electrons. The minimum absolute atomic E-state index is 0.0884. The van der Waals surface area contributed by atoms with Crippen molar-refractivity contribution in [1.82, 2.24) is 5.32 Å². The molecule has 0 aliphatic heterocycles. The summed E-state index contributed by atoms with van der Waals surface area (Å²) in [6.07, 6.45) is 0.517. The van der Waals surface area contributed by atoms with E-state index in [0.29, 0.717) is 6.08 Å². The number of carboxylic acid groups (broad SMARTS) is 1. The van der Waals surface area contributed by atoms with Gasteiger partial charge in [0.2, 0.25) is 11.7 Å². The van der Waals surface area contributed by atoms with E-state index in [4.69, 9.17) is 10.2 Å². The quantitative estimate of drug-likeness (QED) is 0.539. The van der Waals surface area contributed by atoms with Crippen LogP contribution >= 0.6 is 0 Å². The molecule has 0 aliphatic rings. The summed E-state index contributed by atoms with van der Waals surface area (Å²) in [5.74, 6) is -3.96. The van der Waals surface area contributed by atoms with Gasteiger partial charge in [-0.25, -0.2) is 9.18 Å². The van der Waals surface area contributed by atoms with E-state index in [-0.39, 0.29) is 12.1 Å². The lowest BCUT2D eigenvalue weighted by Gasteiger charge is -2.03. The molecule has 0 aromatic heterocycles. The fourth-order valence-electron chi connectivity index (χ4n) is 1.06. The average molecular weight is 239 g/mol. The molecule has 0 spiro atoms. The van der Waals surface area contributed by atoms with Crippen LogP contribution in [-0.2, 0) is 16.1 Å². The van der Waals surface area contributed by atoms with E-state index in [1.165, 1.54) is 18.2 Å². The molecule has 1 rings (SSSR count). The van der Waals surface area contributed by atoms with Crippen LogP contribution < -0.4 is 5.32 Å². The molecule has 0 bridgehead atoms. The van der Waals surface area contributed by atoms with Crippen LogP contribution in [0.4, 0.5) is 4.39 Å². The molecule has 0 saturated heterocycles. The molecule has 0 fully saturated rings. The summed E-state index contributed by atoms with van der Waals surface area (Å²) in [7, 11) is 0. The van der Waals surface area contributed by atoms with Gasteiger partial charge < -0.3 is 15.5 Å². The van der Waals surface area contributed by atoms with Gasteiger partial charge >= 0.3 is 5.97 Å². The zero-order chi connectivity index (χ0) is 12.8. The summed E-state index contributed by atoms with van der Waals surface area (Å²) < 4.78 is 13.1. The first kappa shape index (κ1) is 12.7. The Morgan fingerprint density at radius 1 is 1.29 bits per heavy atom. The number of amides is 1. The molecule has 0 heterocycles. The van der Waals surface area contributed by atoms with Gasteiger partial charge in [-0.15, -0.1) is 0 Å². The highest BCUT2D eigenvalue weighted by molar-refractivity contribution is 5.95. The van der Waals surface area contributed by atoms with Crippen molar-refractivity contribution in [3.05, 3.63) is 47.5 Å². The number of benzene rings is 1. The van der Waals surface area contributed by atoms with E-state index in [1.807, 2.05) is 0 Å². The van der Waals surface area contributed by atoms with E-state index in [0.717, 1.165) is 0 Å². The number of hydrogen-bond acceptors (Lipinski definition) is 3. The van der Waals surface area contributed by atoms with Crippen molar-refractivity contribution in [2.45, 2.75) is 6.54 Å². The van der Waals surface area contributed by atoms with E-state index in [9.17, 15) is 14.0 Å². The maximum absolute atomic E-state index is 13.1. The Bertz CT molecular complexity index is 470. The molecule has 0 aliphatic carbocycles. The van der Waals surface area contributed by atoms with Crippen LogP contribution in [0.25, 0.3) is 0 Å². The number of hydrogen-bond donors (Lipinski definition) is 3. The van der Waals surface area contributed by atoms with Gasteiger partial charge in [0, 0.05) is 12.1 Å². The maximum Gasteiger partial charge on any atom is 0.371 e. The standard InChI is InChI=1S/C11H10FNO4/c12-8-4-2-1-3-7(8)6-13-10(15)5-9(14)11(16)17/h1-5,14H,6H2,(H,13,15)(H,16,17)/b9-5-. The van der Waals surface area contributed by atoms with Gasteiger partial charge in [-0.3, -0.25) is 4.79 Å². The number of carbonyl (C=O) groups excluding carboxylic acids is 1. The maximum atomic E-state index is 13.1. The minimum Gasteiger partial charge on any atom is -0.502 e. The monoisotopic (exact) mass is 239 g/mol. The summed E-state index contributed by atoms with van der Waals surface area (Å²) in [5, 5.41) is 19.3. The summed E-state index contributed by atoms with van der Waals surface area (Å²) in [5.41, 5.74) is 0.268. The van der Waals surface area contributed by atoms with Crippen molar-refractivity contribution >= 4 is 11.9 Å². The van der Waals surface area contributed by atoms with Crippen LogP contribution in [0, 0.1) is 5.82 Å². The molecule has 5 nitrogen and oxygen atoms in total. The summed E-state index contributed by atoms with van der Waals surface area (Å²) in [6, 6.07) is 5.84. The number of rotatable bonds is 4. The molecule has 0 unspecified atom stereocenters. The Kier molecular flexibility index (Phi) is 4.21. The second-order valence-corrected chi connectivity index (χ2v) is 3.14. The fourth-order valence-corrected chi connectivity index (χ4v) is 1.06. The zero-order valence-electron chi connectivity index (χ0n) is 8.68. The molecule has 1 aromatic carbocycles. The normalized spacial score (nSPS) is 11.0. The van der Waals surface area contributed by atoms with Gasteiger partial charge in [0.1, 0.15) is 5.82 Å². The highest BCUT2D eigenvalue weighted by Gasteiger charge is 2.07. The Labute approximate surface area is 96.2 Å². The molecular weight excluding hydrogens is 229 g/mol. The van der Waals surface area contributed by atoms with E-state index < -0.39 is 23.5 Å². The minimum atomic E-state index is -1.61. The third-order valence-corrected chi connectivity index (χ3v) is 1.90. The van der Waals surface area contributed by atoms with Crippen LogP contribution in [0.3, 0.4) is 0 Å². The second kappa shape index (κ2) is 5.64. The van der Waals surface area contributed by atoms with Gasteiger partial charge in [0.15, 0.2) is 0 Å². The molecule has 17 heavy (non-hydrogen) atoms. The molecule has 0 atom stereocenters. The number of nitrogens with one attached hydrogen (secondary N) is 1. The third kappa shape index (κ3) is 3.94. The first-order chi connectivity index (χ1) is 8.00. The molecule has 1 amide bonds. The predicted octanol–water partition coefficient (Wildman–Crippen LogP) is 0.968. The smallest absolute Gasteiger partial charge is 0.371 e. The van der Waals surface area contributed by atoms with Gasteiger partial charge in [0.05, 0.1) is 6.08 Å². The summed E-state index contributed by atoms with van der Waals surface area (Å²) >= 11 is 0. The van der Waals surface area contributed by atoms with Gasteiger partial charge in [-0.2, -0.15) is 0 Å². The van der Waals surface area contributed by atoms with Crippen molar-refractivity contribution in [2.24, 2.45) is 0 Å². The molecule has 6 heteroatoms. The van der Waals surface area contributed by atoms with Gasteiger partial charge in [-0.05, 0) is 6.07 Å². The topological polar surface area (TPSA) is 86.6 Å². The Morgan fingerprint density at radius 3 is 2.53 bits per heavy atom. The second-order valence-electron chi connectivity index (χ2n) is 3.14. The highest BCUT2D eigenvalue weighted by Crippen LogP contribution is 2.05. The molecule has 0 radical (unpaired) electrons. The average Bonchev–Trinajstić information content (AvgIpc) is 2.27. The number of carboxylic acids is 1. The van der Waals surface area contributed by atoms with Crippen LogP contribution in [0.1, 0.15) is 5.56 Å². The summed E-state index contributed by atoms with van der Waals surface area (Å²) in [4.78, 5) is 21.3. The van der Waals surface area contributed by atoms with Crippen molar-refractivity contribution in [3.8, 4) is 0 Å². The van der Waals surface area contributed by atoms with Crippen molar-refractivity contribution in [3.63, 3.8) is 0 Å². The fraction of sp³-hybridized carbons (Fsp3) is 0.0909. The third-order valence-electron chi connectivity index (χ3n) is 1.90. The largest absolute Gasteiger partial charge is 0.502 e. The van der Waals surface area contributed by atoms with Crippen molar-refractivity contribution in [1.29, 1.82) is 0 Å². The van der Waals surface area contributed by atoms with E-state index in [1.54, 1.807) is 6.07 Å². The van der Waals surface area contributed by atoms with Crippen LogP contribution in [-0.4, -0.2) is 22.1 Å². The lowest BCUT2D eigenvalue weighted by Crippen LogP contribution is -2.22. The number of carbonyl (C=O) groups is 2. The lowest BCUT2D eigenvalue weighted by molar-refractivity contribution is -0.136. The SMILES string of the molecule is O=C(/C=C(\O)C(=O)O)NCc1ccccc1F. The number of aliphatic hydroxyl groups excluding tert-OH is 1. The number of aliphatic hydroxyl groups is 1. The van der Waals surface area contributed by atoms with Crippen LogP contribution in [0.2, 0.25) is 0 Å². The first-order valence-electron chi connectivity index (χ1n) is 4.66. The predicted molar refractivity (Wildman–Crippen MR) is 56.6 cm³/mol. The molecular formula is C11H10FNO4. The lowest BCUT2D eigenvalue weighted by atomic mass is 10.2. The Balaban J connectivity index is 2.58. The van der Waals surface area contributed by atoms with Gasteiger partial charge in [0.25, 0.3) is 0 Å².